The number of urea groups is 1. The lowest BCUT2D eigenvalue weighted by Gasteiger charge is -2.23. The lowest BCUT2D eigenvalue weighted by molar-refractivity contribution is 0.110. The highest BCUT2D eigenvalue weighted by molar-refractivity contribution is 5.74. The SMILES string of the molecule is CCOCC(NC(=O)NC1CCCC1)C(C)C. The Bertz CT molecular complexity index is 225. The summed E-state index contributed by atoms with van der Waals surface area (Å²) in [4.78, 5) is 11.8. The van der Waals surface area contributed by atoms with Gasteiger partial charge in [0, 0.05) is 12.6 Å². The van der Waals surface area contributed by atoms with Crippen molar-refractivity contribution in [2.75, 3.05) is 13.2 Å². The fourth-order valence-corrected chi connectivity index (χ4v) is 2.11. The summed E-state index contributed by atoms with van der Waals surface area (Å²) in [5, 5.41) is 6.04. The van der Waals surface area contributed by atoms with Crippen LogP contribution in [0.4, 0.5) is 4.79 Å². The van der Waals surface area contributed by atoms with E-state index in [1.54, 1.807) is 0 Å². The van der Waals surface area contributed by atoms with Crippen molar-refractivity contribution in [1.29, 1.82) is 0 Å². The number of hydrogen-bond acceptors (Lipinski definition) is 2. The average molecular weight is 242 g/mol. The summed E-state index contributed by atoms with van der Waals surface area (Å²) in [5.74, 6) is 0.385. The highest BCUT2D eigenvalue weighted by Crippen LogP contribution is 2.17. The first-order valence-electron chi connectivity index (χ1n) is 6.78. The largest absolute Gasteiger partial charge is 0.380 e. The molecule has 17 heavy (non-hydrogen) atoms. The molecule has 1 saturated carbocycles. The average Bonchev–Trinajstić information content (AvgIpc) is 2.76. The maximum absolute atomic E-state index is 11.8. The Morgan fingerprint density at radius 2 is 2.00 bits per heavy atom. The van der Waals surface area contributed by atoms with Crippen molar-refractivity contribution in [1.82, 2.24) is 10.6 Å². The van der Waals surface area contributed by atoms with Crippen LogP contribution in [-0.2, 0) is 4.74 Å². The van der Waals surface area contributed by atoms with Gasteiger partial charge in [-0.1, -0.05) is 26.7 Å². The third-order valence-corrected chi connectivity index (χ3v) is 3.31. The predicted octanol–water partition coefficient (Wildman–Crippen LogP) is 2.29. The van der Waals surface area contributed by atoms with E-state index in [-0.39, 0.29) is 12.1 Å². The number of carbonyl (C=O) groups is 1. The Morgan fingerprint density at radius 1 is 1.35 bits per heavy atom. The molecule has 1 unspecified atom stereocenters. The van der Waals surface area contributed by atoms with Crippen LogP contribution in [0.15, 0.2) is 0 Å². The van der Waals surface area contributed by atoms with Crippen molar-refractivity contribution in [2.45, 2.75) is 58.5 Å². The molecule has 4 heteroatoms. The minimum Gasteiger partial charge on any atom is -0.380 e. The molecular formula is C13H26N2O2. The van der Waals surface area contributed by atoms with Gasteiger partial charge in [0.05, 0.1) is 12.6 Å². The molecule has 1 atom stereocenters. The fraction of sp³-hybridized carbons (Fsp3) is 0.923. The van der Waals surface area contributed by atoms with E-state index in [4.69, 9.17) is 4.74 Å². The minimum absolute atomic E-state index is 0.0460. The molecule has 2 N–H and O–H groups in total. The van der Waals surface area contributed by atoms with Crippen LogP contribution in [0.2, 0.25) is 0 Å². The third-order valence-electron chi connectivity index (χ3n) is 3.31. The maximum Gasteiger partial charge on any atom is 0.315 e. The summed E-state index contributed by atoms with van der Waals surface area (Å²) in [6, 6.07) is 0.418. The van der Waals surface area contributed by atoms with E-state index in [9.17, 15) is 4.79 Å². The number of amides is 2. The molecule has 0 saturated heterocycles. The molecule has 100 valence electrons. The second-order valence-corrected chi connectivity index (χ2v) is 5.11. The number of ether oxygens (including phenoxy) is 1. The predicted molar refractivity (Wildman–Crippen MR) is 69.0 cm³/mol. The molecule has 0 aliphatic heterocycles. The highest BCUT2D eigenvalue weighted by atomic mass is 16.5. The number of hydrogen-bond donors (Lipinski definition) is 2. The van der Waals surface area contributed by atoms with Crippen molar-refractivity contribution < 1.29 is 9.53 Å². The van der Waals surface area contributed by atoms with Crippen LogP contribution in [-0.4, -0.2) is 31.3 Å². The van der Waals surface area contributed by atoms with Crippen molar-refractivity contribution in [3.8, 4) is 0 Å². The molecule has 0 aromatic heterocycles. The van der Waals surface area contributed by atoms with Gasteiger partial charge in [-0.2, -0.15) is 0 Å². The van der Waals surface area contributed by atoms with Gasteiger partial charge in [-0.15, -0.1) is 0 Å². The van der Waals surface area contributed by atoms with Crippen LogP contribution >= 0.6 is 0 Å². The first kappa shape index (κ1) is 14.3. The van der Waals surface area contributed by atoms with E-state index >= 15 is 0 Å². The van der Waals surface area contributed by atoms with Crippen LogP contribution in [0.1, 0.15) is 46.5 Å². The lowest BCUT2D eigenvalue weighted by Crippen LogP contribution is -2.49. The third kappa shape index (κ3) is 5.39. The summed E-state index contributed by atoms with van der Waals surface area (Å²) in [6.07, 6.45) is 4.70. The Morgan fingerprint density at radius 3 is 2.53 bits per heavy atom. The van der Waals surface area contributed by atoms with E-state index in [2.05, 4.69) is 24.5 Å². The lowest BCUT2D eigenvalue weighted by atomic mass is 10.1. The number of nitrogens with one attached hydrogen (secondary N) is 2. The van der Waals surface area contributed by atoms with E-state index in [0.29, 0.717) is 25.2 Å². The number of carbonyl (C=O) groups excluding carboxylic acids is 1. The molecule has 0 aromatic rings. The summed E-state index contributed by atoms with van der Waals surface area (Å²) in [7, 11) is 0. The molecule has 4 nitrogen and oxygen atoms in total. The maximum atomic E-state index is 11.8. The zero-order valence-corrected chi connectivity index (χ0v) is 11.3. The minimum atomic E-state index is -0.0460. The monoisotopic (exact) mass is 242 g/mol. The van der Waals surface area contributed by atoms with Gasteiger partial charge in [0.1, 0.15) is 0 Å². The van der Waals surface area contributed by atoms with Crippen LogP contribution < -0.4 is 10.6 Å². The first-order chi connectivity index (χ1) is 8.13. The number of rotatable bonds is 6. The van der Waals surface area contributed by atoms with Gasteiger partial charge in [0.2, 0.25) is 0 Å². The van der Waals surface area contributed by atoms with Crippen LogP contribution in [0, 0.1) is 5.92 Å². The van der Waals surface area contributed by atoms with Gasteiger partial charge in [-0.25, -0.2) is 4.79 Å². The van der Waals surface area contributed by atoms with E-state index < -0.39 is 0 Å². The van der Waals surface area contributed by atoms with E-state index in [1.165, 1.54) is 12.8 Å². The molecular weight excluding hydrogens is 216 g/mol. The fourth-order valence-electron chi connectivity index (χ4n) is 2.11. The zero-order chi connectivity index (χ0) is 12.7. The molecule has 1 aliphatic carbocycles. The molecule has 0 radical (unpaired) electrons. The van der Waals surface area contributed by atoms with Gasteiger partial charge in [0.25, 0.3) is 0 Å². The second kappa shape index (κ2) is 7.54. The highest BCUT2D eigenvalue weighted by Gasteiger charge is 2.20. The standard InChI is InChI=1S/C13H26N2O2/c1-4-17-9-12(10(2)3)15-13(16)14-11-7-5-6-8-11/h10-12H,4-9H2,1-3H3,(H2,14,15,16). The Balaban J connectivity index is 2.29. The molecule has 0 spiro atoms. The molecule has 0 aromatic carbocycles. The van der Waals surface area contributed by atoms with Gasteiger partial charge in [-0.3, -0.25) is 0 Å². The van der Waals surface area contributed by atoms with E-state index in [0.717, 1.165) is 12.8 Å². The topological polar surface area (TPSA) is 50.4 Å². The van der Waals surface area contributed by atoms with Crippen molar-refractivity contribution in [2.24, 2.45) is 5.92 Å². The molecule has 0 heterocycles. The van der Waals surface area contributed by atoms with Crippen molar-refractivity contribution in [3.63, 3.8) is 0 Å². The summed E-state index contributed by atoms with van der Waals surface area (Å²) < 4.78 is 5.39. The molecule has 1 aliphatic rings. The van der Waals surface area contributed by atoms with Gasteiger partial charge in [-0.05, 0) is 25.7 Å². The van der Waals surface area contributed by atoms with Gasteiger partial charge in [0.15, 0.2) is 0 Å². The molecule has 1 rings (SSSR count). The second-order valence-electron chi connectivity index (χ2n) is 5.11. The van der Waals surface area contributed by atoms with Crippen molar-refractivity contribution in [3.05, 3.63) is 0 Å². The van der Waals surface area contributed by atoms with Crippen LogP contribution in [0.5, 0.6) is 0 Å². The Labute approximate surface area is 104 Å². The van der Waals surface area contributed by atoms with E-state index in [1.807, 2.05) is 6.92 Å². The summed E-state index contributed by atoms with van der Waals surface area (Å²) in [5.41, 5.74) is 0. The quantitative estimate of drug-likeness (QED) is 0.751. The Kier molecular flexibility index (Phi) is 6.34. The normalized spacial score (nSPS) is 18.4. The molecule has 2 amide bonds. The van der Waals surface area contributed by atoms with Gasteiger partial charge >= 0.3 is 6.03 Å². The van der Waals surface area contributed by atoms with Gasteiger partial charge < -0.3 is 15.4 Å². The first-order valence-corrected chi connectivity index (χ1v) is 6.78. The zero-order valence-electron chi connectivity index (χ0n) is 11.3. The van der Waals surface area contributed by atoms with Crippen molar-refractivity contribution >= 4 is 6.03 Å². The van der Waals surface area contributed by atoms with Crippen LogP contribution in [0.3, 0.4) is 0 Å². The summed E-state index contributed by atoms with van der Waals surface area (Å²) in [6.45, 7) is 7.44. The molecule has 0 bridgehead atoms. The van der Waals surface area contributed by atoms with Crippen LogP contribution in [0.25, 0.3) is 0 Å². The summed E-state index contributed by atoms with van der Waals surface area (Å²) >= 11 is 0. The smallest absolute Gasteiger partial charge is 0.315 e. The molecule has 1 fully saturated rings. The Hall–Kier alpha value is -0.770.